The third-order valence-electron chi connectivity index (χ3n) is 5.34. The Bertz CT molecular complexity index is 1270. The number of rotatable bonds is 8. The van der Waals surface area contributed by atoms with E-state index in [1.54, 1.807) is 24.3 Å². The van der Waals surface area contributed by atoms with E-state index in [4.69, 9.17) is 5.73 Å². The van der Waals surface area contributed by atoms with Gasteiger partial charge < -0.3 is 26.3 Å². The van der Waals surface area contributed by atoms with Gasteiger partial charge in [-0.15, -0.1) is 0 Å². The van der Waals surface area contributed by atoms with Crippen molar-refractivity contribution >= 4 is 67.6 Å². The fraction of sp³-hybridized carbons (Fsp3) is 0.217. The average molecular weight is 544 g/mol. The maximum Gasteiger partial charge on any atom is 0.272 e. The maximum atomic E-state index is 12.7. The van der Waals surface area contributed by atoms with E-state index >= 15 is 0 Å². The summed E-state index contributed by atoms with van der Waals surface area (Å²) in [6.07, 6.45) is 0. The smallest absolute Gasteiger partial charge is 0.272 e. The molecular weight excluding hydrogens is 519 g/mol. The highest BCUT2D eigenvalue weighted by molar-refractivity contribution is 14.1. The van der Waals surface area contributed by atoms with Crippen molar-refractivity contribution in [1.82, 2.24) is 20.2 Å². The van der Waals surface area contributed by atoms with Crippen LogP contribution in [-0.2, 0) is 0 Å². The van der Waals surface area contributed by atoms with Gasteiger partial charge in [-0.3, -0.25) is 14.5 Å². The second-order valence-electron chi connectivity index (χ2n) is 7.55. The molecule has 6 N–H and O–H groups in total. The standard InChI is InChI=1S/C23H25IN6O2/c1-2-30(13-24)8-7-26-22(31)20-12-15-10-17(4-6-19(15)28-20)27-23(32)21-11-14-9-16(25)3-5-18(14)29-21/h3-6,9-12,28-29H,2,7-8,13,25H2,1H3,(H,26,31)(H,27,32). The number of nitrogen functional groups attached to an aromatic ring is 1. The Morgan fingerprint density at radius 3 is 2.31 bits per heavy atom. The molecular formula is C23H25IN6O2. The number of nitrogens with zero attached hydrogens (tertiary/aromatic N) is 1. The molecule has 2 heterocycles. The van der Waals surface area contributed by atoms with Crippen LogP contribution in [0.4, 0.5) is 11.4 Å². The highest BCUT2D eigenvalue weighted by Gasteiger charge is 2.13. The van der Waals surface area contributed by atoms with Crippen molar-refractivity contribution in [2.45, 2.75) is 6.92 Å². The highest BCUT2D eigenvalue weighted by atomic mass is 127. The third kappa shape index (κ3) is 4.89. The molecule has 2 aromatic carbocycles. The maximum absolute atomic E-state index is 12.7. The van der Waals surface area contributed by atoms with Gasteiger partial charge in [0.05, 0.1) is 4.55 Å². The van der Waals surface area contributed by atoms with Gasteiger partial charge in [-0.2, -0.15) is 0 Å². The largest absolute Gasteiger partial charge is 0.399 e. The van der Waals surface area contributed by atoms with E-state index in [9.17, 15) is 9.59 Å². The number of likely N-dealkylation sites (N-methyl/N-ethyl adjacent to an activating group) is 1. The summed E-state index contributed by atoms with van der Waals surface area (Å²) in [5.41, 5.74) is 9.73. The molecule has 32 heavy (non-hydrogen) atoms. The number of hydrogen-bond acceptors (Lipinski definition) is 4. The van der Waals surface area contributed by atoms with Gasteiger partial charge in [-0.05, 0) is 55.1 Å². The number of aromatic nitrogens is 2. The number of nitrogens with one attached hydrogen (secondary N) is 4. The van der Waals surface area contributed by atoms with Crippen LogP contribution in [0.2, 0.25) is 0 Å². The number of fused-ring (bicyclic) bond motifs is 2. The summed E-state index contributed by atoms with van der Waals surface area (Å²) < 4.78 is 0.928. The van der Waals surface area contributed by atoms with Crippen LogP contribution < -0.4 is 16.4 Å². The van der Waals surface area contributed by atoms with Crippen LogP contribution in [0, 0.1) is 0 Å². The van der Waals surface area contributed by atoms with Gasteiger partial charge in [0.1, 0.15) is 11.4 Å². The van der Waals surface area contributed by atoms with Crippen molar-refractivity contribution in [3.05, 3.63) is 59.9 Å². The molecule has 0 atom stereocenters. The molecule has 0 saturated carbocycles. The first-order valence-electron chi connectivity index (χ1n) is 10.4. The lowest BCUT2D eigenvalue weighted by atomic mass is 10.2. The van der Waals surface area contributed by atoms with Gasteiger partial charge in [0.15, 0.2) is 0 Å². The number of carbonyl (C=O) groups is 2. The summed E-state index contributed by atoms with van der Waals surface area (Å²) in [4.78, 5) is 33.7. The predicted molar refractivity (Wildman–Crippen MR) is 137 cm³/mol. The summed E-state index contributed by atoms with van der Waals surface area (Å²) in [6, 6.07) is 14.5. The van der Waals surface area contributed by atoms with Gasteiger partial charge >= 0.3 is 0 Å². The monoisotopic (exact) mass is 544 g/mol. The second-order valence-corrected chi connectivity index (χ2v) is 8.24. The summed E-state index contributed by atoms with van der Waals surface area (Å²) in [6.45, 7) is 4.44. The Labute approximate surface area is 199 Å². The first-order chi connectivity index (χ1) is 15.5. The number of alkyl halides is 1. The van der Waals surface area contributed by atoms with E-state index in [1.807, 2.05) is 24.3 Å². The zero-order valence-electron chi connectivity index (χ0n) is 17.7. The predicted octanol–water partition coefficient (Wildman–Crippen LogP) is 3.93. The highest BCUT2D eigenvalue weighted by Crippen LogP contribution is 2.22. The molecule has 0 aliphatic heterocycles. The molecule has 4 aromatic rings. The molecule has 0 bridgehead atoms. The van der Waals surface area contributed by atoms with Gasteiger partial charge in [-0.1, -0.05) is 29.5 Å². The van der Waals surface area contributed by atoms with Crippen LogP contribution in [0.3, 0.4) is 0 Å². The first kappa shape index (κ1) is 22.2. The Hall–Kier alpha value is -3.05. The van der Waals surface area contributed by atoms with Crippen molar-refractivity contribution < 1.29 is 9.59 Å². The molecule has 0 saturated heterocycles. The van der Waals surface area contributed by atoms with Crippen molar-refractivity contribution in [3.63, 3.8) is 0 Å². The Morgan fingerprint density at radius 1 is 0.969 bits per heavy atom. The molecule has 4 rings (SSSR count). The molecule has 2 aromatic heterocycles. The number of H-pyrrole nitrogens is 2. The van der Waals surface area contributed by atoms with Crippen molar-refractivity contribution in [2.75, 3.05) is 35.2 Å². The minimum atomic E-state index is -0.247. The topological polar surface area (TPSA) is 119 Å². The number of nitrogens with two attached hydrogens (primary N) is 1. The molecule has 0 aliphatic carbocycles. The summed E-state index contributed by atoms with van der Waals surface area (Å²) in [5.74, 6) is -0.392. The van der Waals surface area contributed by atoms with Crippen LogP contribution >= 0.6 is 22.6 Å². The van der Waals surface area contributed by atoms with Crippen molar-refractivity contribution in [3.8, 4) is 0 Å². The van der Waals surface area contributed by atoms with Gasteiger partial charge in [0.25, 0.3) is 11.8 Å². The molecule has 8 nitrogen and oxygen atoms in total. The van der Waals surface area contributed by atoms with Crippen molar-refractivity contribution in [2.24, 2.45) is 0 Å². The lowest BCUT2D eigenvalue weighted by Gasteiger charge is -2.16. The van der Waals surface area contributed by atoms with E-state index < -0.39 is 0 Å². The number of hydrogen-bond donors (Lipinski definition) is 5. The third-order valence-corrected chi connectivity index (χ3v) is 6.31. The summed E-state index contributed by atoms with van der Waals surface area (Å²) in [7, 11) is 0. The number of aromatic amines is 2. The Kier molecular flexibility index (Phi) is 6.66. The van der Waals surface area contributed by atoms with Gasteiger partial charge in [0.2, 0.25) is 0 Å². The Balaban J connectivity index is 1.44. The molecule has 166 valence electrons. The number of anilines is 2. The molecule has 0 aliphatic rings. The minimum absolute atomic E-state index is 0.145. The lowest BCUT2D eigenvalue weighted by Crippen LogP contribution is -2.34. The van der Waals surface area contributed by atoms with Crippen LogP contribution in [0.25, 0.3) is 21.8 Å². The number of amides is 2. The van der Waals surface area contributed by atoms with E-state index in [1.165, 1.54) is 0 Å². The molecule has 0 unspecified atom stereocenters. The van der Waals surface area contributed by atoms with Crippen LogP contribution in [0.15, 0.2) is 48.5 Å². The SMILES string of the molecule is CCN(CI)CCNC(=O)c1cc2cc(NC(=O)c3cc4cc(N)ccc4[nH]3)ccc2[nH]1. The van der Waals surface area contributed by atoms with E-state index in [0.717, 1.165) is 39.4 Å². The van der Waals surface area contributed by atoms with Crippen LogP contribution in [0.5, 0.6) is 0 Å². The lowest BCUT2D eigenvalue weighted by molar-refractivity contribution is 0.0945. The average Bonchev–Trinajstić information content (AvgIpc) is 3.40. The summed E-state index contributed by atoms with van der Waals surface area (Å²) in [5, 5.41) is 7.58. The first-order valence-corrected chi connectivity index (χ1v) is 11.9. The van der Waals surface area contributed by atoms with E-state index in [2.05, 4.69) is 55.0 Å². The molecule has 0 radical (unpaired) electrons. The van der Waals surface area contributed by atoms with Crippen LogP contribution in [0.1, 0.15) is 27.9 Å². The Morgan fingerprint density at radius 2 is 1.62 bits per heavy atom. The quantitative estimate of drug-likeness (QED) is 0.100. The molecule has 9 heteroatoms. The zero-order valence-corrected chi connectivity index (χ0v) is 19.8. The summed E-state index contributed by atoms with van der Waals surface area (Å²) >= 11 is 2.32. The fourth-order valence-corrected chi connectivity index (χ4v) is 4.35. The van der Waals surface area contributed by atoms with Gasteiger partial charge in [-0.25, -0.2) is 0 Å². The number of halogens is 1. The number of carbonyl (C=O) groups excluding carboxylic acids is 2. The van der Waals surface area contributed by atoms with Crippen molar-refractivity contribution in [1.29, 1.82) is 0 Å². The molecule has 2 amide bonds. The second kappa shape index (κ2) is 9.61. The normalized spacial score (nSPS) is 11.3. The molecule has 0 fully saturated rings. The minimum Gasteiger partial charge on any atom is -0.399 e. The van der Waals surface area contributed by atoms with Gasteiger partial charge in [0, 0.05) is 46.3 Å². The van der Waals surface area contributed by atoms with Crippen LogP contribution in [-0.4, -0.2) is 50.9 Å². The van der Waals surface area contributed by atoms with E-state index in [-0.39, 0.29) is 11.8 Å². The molecule has 0 spiro atoms. The number of benzene rings is 2. The van der Waals surface area contributed by atoms with E-state index in [0.29, 0.717) is 29.3 Å². The zero-order chi connectivity index (χ0) is 22.7. The fourth-order valence-electron chi connectivity index (χ4n) is 3.53.